The summed E-state index contributed by atoms with van der Waals surface area (Å²) in [6, 6.07) is -0.579. The molecule has 5 heteroatoms. The molecule has 1 unspecified atom stereocenters. The molecular formula is C7H14N2O3. The van der Waals surface area contributed by atoms with Crippen LogP contribution in [0.2, 0.25) is 0 Å². The lowest BCUT2D eigenvalue weighted by molar-refractivity contribution is -0.142. The lowest BCUT2D eigenvalue weighted by Gasteiger charge is -2.19. The third kappa shape index (κ3) is 3.92. The Morgan fingerprint density at radius 2 is 2.08 bits per heavy atom. The van der Waals surface area contributed by atoms with E-state index in [4.69, 9.17) is 10.8 Å². The zero-order chi connectivity index (χ0) is 9.72. The quantitative estimate of drug-likeness (QED) is 0.575. The molecule has 0 radical (unpaired) electrons. The van der Waals surface area contributed by atoms with Crippen LogP contribution in [0.3, 0.4) is 0 Å². The van der Waals surface area contributed by atoms with E-state index in [1.807, 2.05) is 0 Å². The van der Waals surface area contributed by atoms with Gasteiger partial charge < -0.3 is 10.8 Å². The highest BCUT2D eigenvalue weighted by Crippen LogP contribution is 1.96. The fourth-order valence-corrected chi connectivity index (χ4v) is 0.669. The fourth-order valence-electron chi connectivity index (χ4n) is 0.669. The third-order valence-electron chi connectivity index (χ3n) is 1.73. The molecule has 0 aliphatic carbocycles. The molecule has 0 saturated carbocycles. The smallest absolute Gasteiger partial charge is 0.320 e. The predicted octanol–water partition coefficient (Wildman–Crippen LogP) is -0.733. The van der Waals surface area contributed by atoms with Crippen LogP contribution in [0.4, 0.5) is 0 Å². The highest BCUT2D eigenvalue weighted by Gasteiger charge is 2.16. The van der Waals surface area contributed by atoms with Gasteiger partial charge in [-0.25, -0.2) is 0 Å². The van der Waals surface area contributed by atoms with E-state index in [-0.39, 0.29) is 6.42 Å². The number of likely N-dealkylation sites (N-methyl/N-ethyl adjacent to an activating group) is 1. The summed E-state index contributed by atoms with van der Waals surface area (Å²) in [6.45, 7) is 1.94. The van der Waals surface area contributed by atoms with E-state index in [1.54, 1.807) is 18.9 Å². The summed E-state index contributed by atoms with van der Waals surface area (Å²) in [4.78, 5) is 22.3. The second kappa shape index (κ2) is 4.71. The monoisotopic (exact) mass is 174 g/mol. The zero-order valence-electron chi connectivity index (χ0n) is 7.28. The molecule has 1 amide bonds. The fraction of sp³-hybridized carbons (Fsp3) is 0.714. The minimum Gasteiger partial charge on any atom is -0.480 e. The average Bonchev–Trinajstić information content (AvgIpc) is 1.98. The standard InChI is InChI=1S/C7H14N2O3/c1-5(7(11)12)9(2)4-3-6(8)10/h5H,3-4H2,1-2H3,(H2,8,10)(H,11,12). The number of nitrogens with zero attached hydrogens (tertiary/aromatic N) is 1. The predicted molar refractivity (Wildman–Crippen MR) is 43.5 cm³/mol. The number of carboxylic acid groups (broad SMARTS) is 1. The molecule has 0 aromatic rings. The highest BCUT2D eigenvalue weighted by molar-refractivity contribution is 5.74. The van der Waals surface area contributed by atoms with Crippen molar-refractivity contribution in [2.24, 2.45) is 5.73 Å². The Hall–Kier alpha value is -1.10. The summed E-state index contributed by atoms with van der Waals surface area (Å²) in [5, 5.41) is 8.56. The summed E-state index contributed by atoms with van der Waals surface area (Å²) in [5.41, 5.74) is 4.90. The molecule has 0 bridgehead atoms. The Bertz CT molecular complexity index is 181. The molecule has 0 rings (SSSR count). The zero-order valence-corrected chi connectivity index (χ0v) is 7.28. The maximum absolute atomic E-state index is 10.4. The lowest BCUT2D eigenvalue weighted by atomic mass is 10.3. The Labute approximate surface area is 71.1 Å². The molecule has 0 spiro atoms. The molecule has 0 saturated heterocycles. The van der Waals surface area contributed by atoms with Gasteiger partial charge in [-0.1, -0.05) is 0 Å². The second-order valence-electron chi connectivity index (χ2n) is 2.71. The van der Waals surface area contributed by atoms with Crippen LogP contribution in [0, 0.1) is 0 Å². The van der Waals surface area contributed by atoms with Crippen LogP contribution in [-0.2, 0) is 9.59 Å². The number of aliphatic carboxylic acids is 1. The number of amides is 1. The normalized spacial score (nSPS) is 12.9. The number of nitrogens with two attached hydrogens (primary N) is 1. The maximum atomic E-state index is 10.4. The van der Waals surface area contributed by atoms with E-state index in [2.05, 4.69) is 0 Å². The Kier molecular flexibility index (Phi) is 4.28. The average molecular weight is 174 g/mol. The van der Waals surface area contributed by atoms with Gasteiger partial charge in [-0.2, -0.15) is 0 Å². The number of primary amides is 1. The number of hydrogen-bond donors (Lipinski definition) is 2. The summed E-state index contributed by atoms with van der Waals surface area (Å²) in [6.07, 6.45) is 0.189. The first-order valence-electron chi connectivity index (χ1n) is 3.66. The number of carbonyl (C=O) groups is 2. The molecule has 0 aromatic carbocycles. The molecule has 1 atom stereocenters. The van der Waals surface area contributed by atoms with Gasteiger partial charge in [0.1, 0.15) is 6.04 Å². The third-order valence-corrected chi connectivity index (χ3v) is 1.73. The van der Waals surface area contributed by atoms with Crippen molar-refractivity contribution < 1.29 is 14.7 Å². The van der Waals surface area contributed by atoms with Gasteiger partial charge in [-0.05, 0) is 14.0 Å². The van der Waals surface area contributed by atoms with E-state index in [9.17, 15) is 9.59 Å². The maximum Gasteiger partial charge on any atom is 0.320 e. The van der Waals surface area contributed by atoms with Gasteiger partial charge in [0.15, 0.2) is 0 Å². The van der Waals surface area contributed by atoms with Gasteiger partial charge in [0.2, 0.25) is 5.91 Å². The lowest BCUT2D eigenvalue weighted by Crippen LogP contribution is -2.37. The molecule has 0 heterocycles. The van der Waals surface area contributed by atoms with Gasteiger partial charge in [0, 0.05) is 13.0 Å². The van der Waals surface area contributed by atoms with Crippen LogP contribution >= 0.6 is 0 Å². The van der Waals surface area contributed by atoms with Gasteiger partial charge in [-0.3, -0.25) is 14.5 Å². The topological polar surface area (TPSA) is 83.6 Å². The van der Waals surface area contributed by atoms with E-state index in [0.717, 1.165) is 0 Å². The number of rotatable bonds is 5. The Balaban J connectivity index is 3.79. The molecule has 12 heavy (non-hydrogen) atoms. The number of carboxylic acids is 1. The molecule has 0 aromatic heterocycles. The van der Waals surface area contributed by atoms with Gasteiger partial charge in [0.05, 0.1) is 0 Å². The van der Waals surface area contributed by atoms with Crippen molar-refractivity contribution in [3.63, 3.8) is 0 Å². The van der Waals surface area contributed by atoms with Crippen molar-refractivity contribution in [3.05, 3.63) is 0 Å². The van der Waals surface area contributed by atoms with Crippen molar-refractivity contribution in [1.82, 2.24) is 4.90 Å². The van der Waals surface area contributed by atoms with Crippen molar-refractivity contribution in [2.45, 2.75) is 19.4 Å². The number of carbonyl (C=O) groups excluding carboxylic acids is 1. The van der Waals surface area contributed by atoms with Crippen LogP contribution < -0.4 is 5.73 Å². The van der Waals surface area contributed by atoms with Crippen molar-refractivity contribution in [1.29, 1.82) is 0 Å². The molecule has 3 N–H and O–H groups in total. The molecule has 0 aliphatic heterocycles. The van der Waals surface area contributed by atoms with Crippen molar-refractivity contribution in [2.75, 3.05) is 13.6 Å². The van der Waals surface area contributed by atoms with Crippen LogP contribution in [0.1, 0.15) is 13.3 Å². The molecule has 0 aliphatic rings. The summed E-state index contributed by atoms with van der Waals surface area (Å²) in [7, 11) is 1.64. The molecular weight excluding hydrogens is 160 g/mol. The first-order chi connectivity index (χ1) is 5.45. The molecule has 70 valence electrons. The van der Waals surface area contributed by atoms with Crippen LogP contribution in [-0.4, -0.2) is 41.5 Å². The van der Waals surface area contributed by atoms with Crippen molar-refractivity contribution in [3.8, 4) is 0 Å². The van der Waals surface area contributed by atoms with E-state index < -0.39 is 17.9 Å². The van der Waals surface area contributed by atoms with E-state index >= 15 is 0 Å². The van der Waals surface area contributed by atoms with Gasteiger partial charge >= 0.3 is 5.97 Å². The van der Waals surface area contributed by atoms with Crippen molar-refractivity contribution >= 4 is 11.9 Å². The van der Waals surface area contributed by atoms with E-state index in [1.165, 1.54) is 0 Å². The largest absolute Gasteiger partial charge is 0.480 e. The van der Waals surface area contributed by atoms with Crippen LogP contribution in [0.5, 0.6) is 0 Å². The second-order valence-corrected chi connectivity index (χ2v) is 2.71. The first kappa shape index (κ1) is 10.9. The minimum absolute atomic E-state index is 0.189. The summed E-state index contributed by atoms with van der Waals surface area (Å²) < 4.78 is 0. The summed E-state index contributed by atoms with van der Waals surface area (Å²) >= 11 is 0. The SMILES string of the molecule is CC(C(=O)O)N(C)CCC(N)=O. The van der Waals surface area contributed by atoms with Gasteiger partial charge in [0.25, 0.3) is 0 Å². The van der Waals surface area contributed by atoms with Crippen LogP contribution in [0.25, 0.3) is 0 Å². The minimum atomic E-state index is -0.901. The molecule has 5 nitrogen and oxygen atoms in total. The van der Waals surface area contributed by atoms with E-state index in [0.29, 0.717) is 6.54 Å². The molecule has 0 fully saturated rings. The Morgan fingerprint density at radius 1 is 1.58 bits per heavy atom. The first-order valence-corrected chi connectivity index (χ1v) is 3.66. The Morgan fingerprint density at radius 3 is 2.42 bits per heavy atom. The van der Waals surface area contributed by atoms with Crippen LogP contribution in [0.15, 0.2) is 0 Å². The highest BCUT2D eigenvalue weighted by atomic mass is 16.4. The summed E-state index contributed by atoms with van der Waals surface area (Å²) in [5.74, 6) is -1.32. The van der Waals surface area contributed by atoms with Gasteiger partial charge in [-0.15, -0.1) is 0 Å². The number of hydrogen-bond acceptors (Lipinski definition) is 3.